The number of hydrogen-bond acceptors (Lipinski definition) is 8. The maximum Gasteiger partial charge on any atom is 0.410 e. The van der Waals surface area contributed by atoms with E-state index in [9.17, 15) is 14.4 Å². The number of benzene rings is 2. The average molecular weight is 733 g/mol. The normalized spacial score (nSPS) is 17.3. The van der Waals surface area contributed by atoms with E-state index < -0.39 is 44.0 Å². The number of aryl methyl sites for hydroxylation is 1. The SMILES string of the molecule is COC(=O)N[C@H](C(=O)Nc1ncccc1CC[C@@H]1CN(C(=O)OC(C)(C)C)[C@H](CO[Si](C)(C)C(C)(C)C)CO1)C(c1ccccc1)c1ccccc1. The number of carbonyl (C=O) groups excluding carboxylic acids is 3. The number of alkyl carbamates (subject to hydrolysis) is 1. The zero-order valence-corrected chi connectivity index (χ0v) is 33.1. The lowest BCUT2D eigenvalue weighted by atomic mass is 9.84. The maximum absolute atomic E-state index is 14.2. The molecule has 3 aromatic rings. The molecule has 1 saturated heterocycles. The van der Waals surface area contributed by atoms with Crippen LogP contribution in [0.3, 0.4) is 0 Å². The maximum atomic E-state index is 14.2. The third kappa shape index (κ3) is 11.1. The molecule has 0 unspecified atom stereocenters. The second-order valence-corrected chi connectivity index (χ2v) is 20.6. The van der Waals surface area contributed by atoms with Gasteiger partial charge in [0, 0.05) is 12.1 Å². The summed E-state index contributed by atoms with van der Waals surface area (Å²) >= 11 is 0. The zero-order valence-electron chi connectivity index (χ0n) is 32.1. The highest BCUT2D eigenvalue weighted by Crippen LogP contribution is 2.37. The number of nitrogens with one attached hydrogen (secondary N) is 2. The summed E-state index contributed by atoms with van der Waals surface area (Å²) in [6.45, 7) is 17.5. The van der Waals surface area contributed by atoms with Crippen molar-refractivity contribution >= 4 is 32.2 Å². The van der Waals surface area contributed by atoms with Gasteiger partial charge in [0.05, 0.1) is 39.0 Å². The minimum Gasteiger partial charge on any atom is -0.453 e. The first kappa shape index (κ1) is 40.5. The van der Waals surface area contributed by atoms with Crippen molar-refractivity contribution in [3.05, 3.63) is 95.7 Å². The number of pyridine rings is 1. The summed E-state index contributed by atoms with van der Waals surface area (Å²) < 4.78 is 23.6. The number of nitrogens with zero attached hydrogens (tertiary/aromatic N) is 2. The standard InChI is InChI=1S/C40H56N4O7Si/c1-39(2,3)51-38(47)44-25-32(49-26-31(44)27-50-52(8,9)40(4,5)6)23-22-30-21-16-24-41-35(30)43-36(45)34(42-37(46)48-7)33(28-17-12-10-13-18-28)29-19-14-11-15-20-29/h10-21,24,31-34H,22-23,25-27H2,1-9H3,(H,42,46)(H,41,43,45)/t31-,32+,34-/m0/s1. The second kappa shape index (κ2) is 17.5. The van der Waals surface area contributed by atoms with Gasteiger partial charge in [-0.05, 0) is 74.5 Å². The van der Waals surface area contributed by atoms with Gasteiger partial charge in [0.25, 0.3) is 0 Å². The summed E-state index contributed by atoms with van der Waals surface area (Å²) in [5.74, 6) is -0.584. The summed E-state index contributed by atoms with van der Waals surface area (Å²) in [4.78, 5) is 46.5. The first-order chi connectivity index (χ1) is 24.5. The van der Waals surface area contributed by atoms with E-state index in [0.29, 0.717) is 38.4 Å². The van der Waals surface area contributed by atoms with Crippen LogP contribution in [0.25, 0.3) is 0 Å². The molecule has 282 valence electrons. The average Bonchev–Trinajstić information content (AvgIpc) is 3.09. The fourth-order valence-corrected chi connectivity index (χ4v) is 6.83. The van der Waals surface area contributed by atoms with Gasteiger partial charge in [-0.1, -0.05) is 87.5 Å². The molecule has 3 atom stereocenters. The molecule has 1 aliphatic rings. The number of methoxy groups -OCH3 is 1. The Kier molecular flexibility index (Phi) is 13.6. The molecule has 12 heteroatoms. The van der Waals surface area contributed by atoms with Crippen molar-refractivity contribution in [2.75, 3.05) is 32.2 Å². The number of rotatable bonds is 12. The highest BCUT2D eigenvalue weighted by molar-refractivity contribution is 6.74. The van der Waals surface area contributed by atoms with Crippen LogP contribution in [-0.4, -0.2) is 87.0 Å². The van der Waals surface area contributed by atoms with Gasteiger partial charge in [0.15, 0.2) is 8.32 Å². The van der Waals surface area contributed by atoms with Gasteiger partial charge in [0.1, 0.15) is 17.5 Å². The predicted octanol–water partition coefficient (Wildman–Crippen LogP) is 7.54. The van der Waals surface area contributed by atoms with Gasteiger partial charge in [-0.3, -0.25) is 9.69 Å². The molecule has 4 rings (SSSR count). The molecule has 52 heavy (non-hydrogen) atoms. The van der Waals surface area contributed by atoms with Gasteiger partial charge >= 0.3 is 12.2 Å². The van der Waals surface area contributed by atoms with E-state index in [0.717, 1.165) is 16.7 Å². The molecule has 1 fully saturated rings. The van der Waals surface area contributed by atoms with Gasteiger partial charge in [-0.25, -0.2) is 14.6 Å². The monoisotopic (exact) mass is 732 g/mol. The van der Waals surface area contributed by atoms with Crippen LogP contribution in [0, 0.1) is 0 Å². The molecule has 2 aromatic carbocycles. The van der Waals surface area contributed by atoms with Gasteiger partial charge in [-0.2, -0.15) is 0 Å². The Morgan fingerprint density at radius 1 is 0.942 bits per heavy atom. The van der Waals surface area contributed by atoms with Crippen LogP contribution in [0.2, 0.25) is 18.1 Å². The molecule has 0 radical (unpaired) electrons. The summed E-state index contributed by atoms with van der Waals surface area (Å²) in [6.07, 6.45) is 1.28. The van der Waals surface area contributed by atoms with E-state index in [1.165, 1.54) is 7.11 Å². The first-order valence-corrected chi connectivity index (χ1v) is 20.8. The fourth-order valence-electron chi connectivity index (χ4n) is 5.78. The lowest BCUT2D eigenvalue weighted by Gasteiger charge is -2.43. The van der Waals surface area contributed by atoms with Crippen LogP contribution < -0.4 is 10.6 Å². The predicted molar refractivity (Wildman–Crippen MR) is 205 cm³/mol. The minimum absolute atomic E-state index is 0.0258. The van der Waals surface area contributed by atoms with Crippen molar-refractivity contribution in [2.24, 2.45) is 0 Å². The summed E-state index contributed by atoms with van der Waals surface area (Å²) in [5.41, 5.74) is 1.84. The van der Waals surface area contributed by atoms with Crippen LogP contribution in [0.5, 0.6) is 0 Å². The number of hydrogen-bond donors (Lipinski definition) is 2. The number of aromatic nitrogens is 1. The van der Waals surface area contributed by atoms with Crippen LogP contribution >= 0.6 is 0 Å². The Balaban J connectivity index is 1.52. The number of morpholine rings is 1. The van der Waals surface area contributed by atoms with Gasteiger partial charge < -0.3 is 29.3 Å². The van der Waals surface area contributed by atoms with E-state index >= 15 is 0 Å². The molecule has 2 N–H and O–H groups in total. The van der Waals surface area contributed by atoms with Crippen LogP contribution in [0.15, 0.2) is 79.0 Å². The number of amides is 3. The molecule has 0 aliphatic carbocycles. The molecule has 1 aromatic heterocycles. The third-order valence-corrected chi connectivity index (χ3v) is 14.2. The van der Waals surface area contributed by atoms with Crippen LogP contribution in [0.4, 0.5) is 15.4 Å². The Hall–Kier alpha value is -4.26. The third-order valence-electron chi connectivity index (χ3n) is 9.70. The highest BCUT2D eigenvalue weighted by Gasteiger charge is 2.41. The van der Waals surface area contributed by atoms with E-state index in [2.05, 4.69) is 49.5 Å². The highest BCUT2D eigenvalue weighted by atomic mass is 28.4. The summed E-state index contributed by atoms with van der Waals surface area (Å²) in [5, 5.41) is 5.79. The lowest BCUT2D eigenvalue weighted by molar-refractivity contribution is -0.118. The molecule has 11 nitrogen and oxygen atoms in total. The van der Waals surface area contributed by atoms with Gasteiger partial charge in [0.2, 0.25) is 5.91 Å². The minimum atomic E-state index is -2.07. The molecule has 2 heterocycles. The summed E-state index contributed by atoms with van der Waals surface area (Å²) in [6, 6.07) is 21.5. The van der Waals surface area contributed by atoms with Crippen molar-refractivity contribution in [1.82, 2.24) is 15.2 Å². The molecule has 3 amide bonds. The van der Waals surface area contributed by atoms with Crippen LogP contribution in [0.1, 0.15) is 70.6 Å². The van der Waals surface area contributed by atoms with E-state index in [-0.39, 0.29) is 17.2 Å². The van der Waals surface area contributed by atoms with E-state index in [1.807, 2.05) is 93.6 Å². The smallest absolute Gasteiger partial charge is 0.410 e. The Morgan fingerprint density at radius 3 is 2.12 bits per heavy atom. The Morgan fingerprint density at radius 2 is 1.56 bits per heavy atom. The molecule has 1 aliphatic heterocycles. The van der Waals surface area contributed by atoms with Gasteiger partial charge in [-0.15, -0.1) is 0 Å². The fraction of sp³-hybridized carbons (Fsp3) is 0.500. The van der Waals surface area contributed by atoms with Crippen molar-refractivity contribution in [1.29, 1.82) is 0 Å². The number of carbonyl (C=O) groups is 3. The van der Waals surface area contributed by atoms with Crippen molar-refractivity contribution < 1.29 is 33.0 Å². The van der Waals surface area contributed by atoms with Crippen molar-refractivity contribution in [2.45, 2.75) is 102 Å². The van der Waals surface area contributed by atoms with Crippen LogP contribution in [-0.2, 0) is 29.9 Å². The quantitative estimate of drug-likeness (QED) is 0.183. The Bertz CT molecular complexity index is 1590. The van der Waals surface area contributed by atoms with Crippen molar-refractivity contribution in [3.63, 3.8) is 0 Å². The molecule has 0 saturated carbocycles. The molecular formula is C40H56N4O7Si. The summed E-state index contributed by atoms with van der Waals surface area (Å²) in [7, 11) is -0.802. The number of anilines is 1. The zero-order chi connectivity index (χ0) is 38.1. The van der Waals surface area contributed by atoms with E-state index in [4.69, 9.17) is 18.6 Å². The Labute approximate surface area is 309 Å². The molecular weight excluding hydrogens is 677 g/mol. The number of ether oxygens (including phenoxy) is 3. The first-order valence-electron chi connectivity index (χ1n) is 17.9. The largest absolute Gasteiger partial charge is 0.453 e. The molecule has 0 bridgehead atoms. The van der Waals surface area contributed by atoms with E-state index in [1.54, 1.807) is 11.1 Å². The lowest BCUT2D eigenvalue weighted by Crippen LogP contribution is -2.56. The topological polar surface area (TPSA) is 128 Å². The van der Waals surface area contributed by atoms with Crippen molar-refractivity contribution in [3.8, 4) is 0 Å². The second-order valence-electron chi connectivity index (χ2n) is 15.8. The molecule has 0 spiro atoms.